The minimum Gasteiger partial charge on any atom is -0.490 e. The van der Waals surface area contributed by atoms with E-state index < -0.39 is 0 Å². The highest BCUT2D eigenvalue weighted by Crippen LogP contribution is 2.27. The quantitative estimate of drug-likeness (QED) is 0.813. The number of amides is 1. The highest BCUT2D eigenvalue weighted by atomic mass is 35.5. The molecule has 1 N–H and O–H groups in total. The lowest BCUT2D eigenvalue weighted by Crippen LogP contribution is -2.40. The van der Waals surface area contributed by atoms with Crippen molar-refractivity contribution >= 4 is 17.5 Å². The third-order valence-electron chi connectivity index (χ3n) is 4.88. The van der Waals surface area contributed by atoms with Gasteiger partial charge in [-0.2, -0.15) is 10.4 Å². The molecule has 1 heterocycles. The maximum Gasteiger partial charge on any atom is 0.272 e. The average Bonchev–Trinajstić information content (AvgIpc) is 2.69. The highest BCUT2D eigenvalue weighted by Gasteiger charge is 2.24. The van der Waals surface area contributed by atoms with Gasteiger partial charge in [0.2, 0.25) is 0 Å². The second kappa shape index (κ2) is 9.03. The van der Waals surface area contributed by atoms with Crippen molar-refractivity contribution < 1.29 is 9.53 Å². The van der Waals surface area contributed by atoms with Gasteiger partial charge >= 0.3 is 0 Å². The van der Waals surface area contributed by atoms with E-state index in [9.17, 15) is 4.79 Å². The smallest absolute Gasteiger partial charge is 0.272 e. The molecule has 2 aromatic rings. The molecule has 0 radical (unpaired) electrons. The van der Waals surface area contributed by atoms with Crippen molar-refractivity contribution in [1.82, 2.24) is 15.5 Å². The first-order valence-electron chi connectivity index (χ1n) is 9.47. The molecule has 3 rings (SSSR count). The molecular weight excluding hydrogens is 376 g/mol. The summed E-state index contributed by atoms with van der Waals surface area (Å²) < 4.78 is 5.98. The van der Waals surface area contributed by atoms with Crippen molar-refractivity contribution in [3.05, 3.63) is 52.3 Å². The first-order valence-corrected chi connectivity index (χ1v) is 9.85. The number of hydrogen-bond acceptors (Lipinski definition) is 5. The van der Waals surface area contributed by atoms with Crippen LogP contribution in [0.4, 0.5) is 0 Å². The molecule has 0 aliphatic heterocycles. The van der Waals surface area contributed by atoms with Crippen LogP contribution in [0.25, 0.3) is 0 Å². The number of hydrogen-bond donors (Lipinski definition) is 1. The topological polar surface area (TPSA) is 87.9 Å². The largest absolute Gasteiger partial charge is 0.490 e. The number of aromatic nitrogens is 2. The van der Waals surface area contributed by atoms with Gasteiger partial charge in [0.05, 0.1) is 22.4 Å². The van der Waals surface area contributed by atoms with E-state index in [1.807, 2.05) is 26.0 Å². The Labute approximate surface area is 169 Å². The molecule has 1 saturated carbocycles. The molecule has 1 aromatic heterocycles. The molecule has 1 amide bonds. The molecule has 0 bridgehead atoms. The van der Waals surface area contributed by atoms with E-state index in [1.54, 1.807) is 24.3 Å². The Morgan fingerprint density at radius 3 is 2.54 bits per heavy atom. The van der Waals surface area contributed by atoms with Crippen LogP contribution in [-0.4, -0.2) is 28.3 Å². The lowest BCUT2D eigenvalue weighted by atomic mass is 9.92. The van der Waals surface area contributed by atoms with Gasteiger partial charge in [0.1, 0.15) is 11.8 Å². The predicted molar refractivity (Wildman–Crippen MR) is 106 cm³/mol. The summed E-state index contributed by atoms with van der Waals surface area (Å²) in [5, 5.41) is 20.5. The van der Waals surface area contributed by atoms with Crippen LogP contribution in [0.5, 0.6) is 5.75 Å². The minimum absolute atomic E-state index is 0.0715. The maximum absolute atomic E-state index is 12.4. The predicted octanol–water partition coefficient (Wildman–Crippen LogP) is 4.25. The summed E-state index contributed by atoms with van der Waals surface area (Å²) in [6.45, 7) is 4.08. The number of carbonyl (C=O) groups is 1. The van der Waals surface area contributed by atoms with Crippen molar-refractivity contribution in [3.63, 3.8) is 0 Å². The van der Waals surface area contributed by atoms with Crippen molar-refractivity contribution in [2.24, 2.45) is 0 Å². The number of benzene rings is 1. The van der Waals surface area contributed by atoms with E-state index in [4.69, 9.17) is 21.6 Å². The van der Waals surface area contributed by atoms with Crippen LogP contribution in [0.15, 0.2) is 30.3 Å². The van der Waals surface area contributed by atoms with E-state index in [0.29, 0.717) is 22.0 Å². The zero-order valence-corrected chi connectivity index (χ0v) is 16.7. The fourth-order valence-electron chi connectivity index (χ4n) is 3.21. The molecule has 0 atom stereocenters. The molecule has 146 valence electrons. The number of rotatable bonds is 5. The normalized spacial score (nSPS) is 19.1. The number of carbonyl (C=O) groups excluding carboxylic acids is 1. The van der Waals surface area contributed by atoms with Crippen LogP contribution in [0, 0.1) is 11.3 Å². The second-order valence-corrected chi connectivity index (χ2v) is 7.72. The third kappa shape index (κ3) is 4.99. The number of nitrogens with zero attached hydrogens (tertiary/aromatic N) is 3. The fraction of sp³-hybridized carbons (Fsp3) is 0.429. The van der Waals surface area contributed by atoms with Crippen molar-refractivity contribution in [2.45, 2.75) is 57.6 Å². The lowest BCUT2D eigenvalue weighted by Gasteiger charge is -2.29. The van der Waals surface area contributed by atoms with Crippen molar-refractivity contribution in [3.8, 4) is 11.8 Å². The van der Waals surface area contributed by atoms with Gasteiger partial charge in [0, 0.05) is 12.1 Å². The molecule has 1 aliphatic carbocycles. The van der Waals surface area contributed by atoms with E-state index in [0.717, 1.165) is 31.4 Å². The zero-order valence-electron chi connectivity index (χ0n) is 16.0. The molecule has 1 fully saturated rings. The molecule has 0 unspecified atom stereocenters. The van der Waals surface area contributed by atoms with Gasteiger partial charge in [-0.15, -0.1) is 5.10 Å². The molecular formula is C21H23ClN4O2. The summed E-state index contributed by atoms with van der Waals surface area (Å²) in [5.74, 6) is 0.758. The standard InChI is InChI=1S/C21H23ClN4O2/c1-13(2)19-9-10-20(26-25-19)21(27)24-15-4-7-16(8-5-15)28-17-6-3-14(12-23)18(22)11-17/h3,6,9-11,13,15-16H,4-5,7-8H2,1-2H3,(H,24,27)/t15-,16-. The van der Waals surface area contributed by atoms with Crippen LogP contribution in [0.2, 0.25) is 5.02 Å². The highest BCUT2D eigenvalue weighted by molar-refractivity contribution is 6.31. The fourth-order valence-corrected chi connectivity index (χ4v) is 3.42. The Hall–Kier alpha value is -2.65. The zero-order chi connectivity index (χ0) is 20.1. The van der Waals surface area contributed by atoms with E-state index in [-0.39, 0.29) is 24.0 Å². The molecule has 6 nitrogen and oxygen atoms in total. The first kappa shape index (κ1) is 20.1. The van der Waals surface area contributed by atoms with Crippen LogP contribution >= 0.6 is 11.6 Å². The van der Waals surface area contributed by atoms with Crippen molar-refractivity contribution in [1.29, 1.82) is 5.26 Å². The van der Waals surface area contributed by atoms with Gasteiger partial charge in [-0.3, -0.25) is 4.79 Å². The van der Waals surface area contributed by atoms with Gasteiger partial charge in [-0.05, 0) is 55.9 Å². The molecule has 1 aromatic carbocycles. The van der Waals surface area contributed by atoms with Gasteiger partial charge in [0.25, 0.3) is 5.91 Å². The summed E-state index contributed by atoms with van der Waals surface area (Å²) >= 11 is 6.05. The lowest BCUT2D eigenvalue weighted by molar-refractivity contribution is 0.0888. The van der Waals surface area contributed by atoms with E-state index in [1.165, 1.54) is 0 Å². The maximum atomic E-state index is 12.4. The number of nitrogens with one attached hydrogen (secondary N) is 1. The van der Waals surface area contributed by atoms with Crippen LogP contribution < -0.4 is 10.1 Å². The molecule has 7 heteroatoms. The monoisotopic (exact) mass is 398 g/mol. The number of halogens is 1. The Kier molecular flexibility index (Phi) is 6.48. The number of nitriles is 1. The van der Waals surface area contributed by atoms with Gasteiger partial charge < -0.3 is 10.1 Å². The molecule has 1 aliphatic rings. The summed E-state index contributed by atoms with van der Waals surface area (Å²) in [4.78, 5) is 12.4. The summed E-state index contributed by atoms with van der Waals surface area (Å²) in [6, 6.07) is 10.8. The second-order valence-electron chi connectivity index (χ2n) is 7.32. The third-order valence-corrected chi connectivity index (χ3v) is 5.20. The van der Waals surface area contributed by atoms with E-state index in [2.05, 4.69) is 15.5 Å². The van der Waals surface area contributed by atoms with Gasteiger partial charge in [-0.25, -0.2) is 0 Å². The average molecular weight is 399 g/mol. The van der Waals surface area contributed by atoms with Crippen LogP contribution in [0.3, 0.4) is 0 Å². The van der Waals surface area contributed by atoms with E-state index >= 15 is 0 Å². The van der Waals surface area contributed by atoms with Crippen molar-refractivity contribution in [2.75, 3.05) is 0 Å². The van der Waals surface area contributed by atoms with Crippen LogP contribution in [-0.2, 0) is 0 Å². The molecule has 0 saturated heterocycles. The Balaban J connectivity index is 1.49. The Bertz CT molecular complexity index is 869. The van der Waals surface area contributed by atoms with Crippen LogP contribution in [0.1, 0.15) is 67.2 Å². The molecule has 28 heavy (non-hydrogen) atoms. The Morgan fingerprint density at radius 2 is 1.96 bits per heavy atom. The Morgan fingerprint density at radius 1 is 1.21 bits per heavy atom. The van der Waals surface area contributed by atoms with Gasteiger partial charge in [-0.1, -0.05) is 25.4 Å². The summed E-state index contributed by atoms with van der Waals surface area (Å²) in [5.41, 5.74) is 1.65. The first-order chi connectivity index (χ1) is 13.5. The SMILES string of the molecule is CC(C)c1ccc(C(=O)N[C@H]2CC[C@H](Oc3ccc(C#N)c(Cl)c3)CC2)nn1. The summed E-state index contributed by atoms with van der Waals surface area (Å²) in [7, 11) is 0. The molecule has 0 spiro atoms. The van der Waals surface area contributed by atoms with Gasteiger partial charge in [0.15, 0.2) is 5.69 Å². The minimum atomic E-state index is -0.189. The number of ether oxygens (including phenoxy) is 1. The summed E-state index contributed by atoms with van der Waals surface area (Å²) in [6.07, 6.45) is 3.40.